The molecule has 1 unspecified atom stereocenters. The van der Waals surface area contributed by atoms with Crippen LogP contribution in [-0.2, 0) is 0 Å². The summed E-state index contributed by atoms with van der Waals surface area (Å²) in [5.41, 5.74) is 5.68. The Morgan fingerprint density at radius 3 is 2.59 bits per heavy atom. The molecule has 206 valence electrons. The van der Waals surface area contributed by atoms with Crippen molar-refractivity contribution in [3.8, 4) is 16.9 Å². The fraction of sp³-hybridized carbons (Fsp3) is 0.467. The summed E-state index contributed by atoms with van der Waals surface area (Å²) < 4.78 is 22.1. The number of ether oxygens (including phenoxy) is 1. The molecular weight excluding hydrogens is 515 g/mol. The van der Waals surface area contributed by atoms with Gasteiger partial charge in [-0.3, -0.25) is 9.58 Å². The number of nitrogens with one attached hydrogen (secondary N) is 2. The average molecular weight is 551 g/mol. The maximum absolute atomic E-state index is 14.4. The smallest absolute Gasteiger partial charge is 0.142 e. The summed E-state index contributed by atoms with van der Waals surface area (Å²) in [7, 11) is 1.58. The summed E-state index contributed by atoms with van der Waals surface area (Å²) in [6, 6.07) is 6.25. The van der Waals surface area contributed by atoms with Crippen LogP contribution in [0.1, 0.15) is 61.4 Å². The molecule has 1 aromatic carbocycles. The minimum atomic E-state index is -0.456. The van der Waals surface area contributed by atoms with Gasteiger partial charge in [-0.1, -0.05) is 18.5 Å². The quantitative estimate of drug-likeness (QED) is 0.304. The first-order chi connectivity index (χ1) is 19.0. The maximum Gasteiger partial charge on any atom is 0.142 e. The van der Waals surface area contributed by atoms with Crippen molar-refractivity contribution < 1.29 is 9.13 Å². The molecule has 1 atom stereocenters. The number of aromatic amines is 1. The lowest BCUT2D eigenvalue weighted by molar-refractivity contribution is 0.120. The van der Waals surface area contributed by atoms with Crippen molar-refractivity contribution in [2.45, 2.75) is 57.5 Å². The van der Waals surface area contributed by atoms with Gasteiger partial charge in [0, 0.05) is 78.3 Å². The van der Waals surface area contributed by atoms with Gasteiger partial charge in [0.2, 0.25) is 0 Å². The first-order valence-electron chi connectivity index (χ1n) is 13.9. The molecule has 1 saturated carbocycles. The van der Waals surface area contributed by atoms with Gasteiger partial charge >= 0.3 is 0 Å². The molecule has 4 aromatic rings. The zero-order valence-corrected chi connectivity index (χ0v) is 23.6. The van der Waals surface area contributed by atoms with Crippen molar-refractivity contribution in [2.75, 3.05) is 33.3 Å². The summed E-state index contributed by atoms with van der Waals surface area (Å²) in [6.45, 7) is 8.70. The number of benzene rings is 1. The van der Waals surface area contributed by atoms with E-state index in [2.05, 4.69) is 32.9 Å². The zero-order valence-electron chi connectivity index (χ0n) is 22.8. The Morgan fingerprint density at radius 2 is 1.85 bits per heavy atom. The largest absolute Gasteiger partial charge is 0.496 e. The number of nitrogens with zero attached hydrogens (tertiary/aromatic N) is 4. The van der Waals surface area contributed by atoms with Crippen LogP contribution in [0.25, 0.3) is 22.2 Å². The van der Waals surface area contributed by atoms with Gasteiger partial charge < -0.3 is 15.0 Å². The topological polar surface area (TPSA) is 71.0 Å². The van der Waals surface area contributed by atoms with Gasteiger partial charge in [-0.2, -0.15) is 5.10 Å². The number of hydrogen-bond acceptors (Lipinski definition) is 5. The lowest BCUT2D eigenvalue weighted by Gasteiger charge is -2.39. The van der Waals surface area contributed by atoms with E-state index in [1.807, 2.05) is 25.5 Å². The third-order valence-corrected chi connectivity index (χ3v) is 9.20. The third kappa shape index (κ3) is 4.83. The fourth-order valence-electron chi connectivity index (χ4n) is 6.60. The van der Waals surface area contributed by atoms with E-state index >= 15 is 0 Å². The Bertz CT molecular complexity index is 1470. The number of fused-ring (bicyclic) bond motifs is 1. The highest BCUT2D eigenvalue weighted by atomic mass is 35.5. The minimum Gasteiger partial charge on any atom is -0.496 e. The van der Waals surface area contributed by atoms with Gasteiger partial charge in [0.05, 0.1) is 24.4 Å². The first kappa shape index (κ1) is 26.3. The molecule has 9 heteroatoms. The van der Waals surface area contributed by atoms with Crippen molar-refractivity contribution in [3.05, 3.63) is 64.5 Å². The molecule has 39 heavy (non-hydrogen) atoms. The highest BCUT2D eigenvalue weighted by molar-refractivity contribution is 6.31. The highest BCUT2D eigenvalue weighted by Gasteiger charge is 2.29. The van der Waals surface area contributed by atoms with Gasteiger partial charge in [0.25, 0.3) is 0 Å². The molecule has 0 radical (unpaired) electrons. The van der Waals surface area contributed by atoms with Gasteiger partial charge in [0.1, 0.15) is 17.2 Å². The van der Waals surface area contributed by atoms with Crippen molar-refractivity contribution in [2.24, 2.45) is 0 Å². The maximum atomic E-state index is 14.4. The Hall–Kier alpha value is -2.94. The lowest BCUT2D eigenvalue weighted by atomic mass is 9.89. The van der Waals surface area contributed by atoms with E-state index in [-0.39, 0.29) is 10.9 Å². The number of rotatable bonds is 6. The van der Waals surface area contributed by atoms with Crippen molar-refractivity contribution in [3.63, 3.8) is 0 Å². The molecular formula is C30H36ClFN6O. The molecule has 6 rings (SSSR count). The minimum absolute atomic E-state index is 0.0871. The number of halogens is 2. The SMILES string of the molecule is COc1ccc(F)c(Cl)c1C(C)c1c[nH]c2ncc(-c3cnn(C4CCC(N5CCNCC5)CC4)c3C)cc12. The Labute approximate surface area is 233 Å². The van der Waals surface area contributed by atoms with Crippen molar-refractivity contribution in [1.29, 1.82) is 0 Å². The number of methoxy groups -OCH3 is 1. The monoisotopic (exact) mass is 550 g/mol. The predicted octanol–water partition coefficient (Wildman–Crippen LogP) is 6.08. The van der Waals surface area contributed by atoms with E-state index in [0.29, 0.717) is 23.4 Å². The molecule has 2 N–H and O–H groups in total. The Kier molecular flexibility index (Phi) is 7.35. The number of pyridine rings is 1. The second-order valence-corrected chi connectivity index (χ2v) is 11.3. The molecule has 1 aliphatic carbocycles. The summed E-state index contributed by atoms with van der Waals surface area (Å²) in [4.78, 5) is 10.7. The van der Waals surface area contributed by atoms with E-state index in [9.17, 15) is 4.39 Å². The molecule has 0 spiro atoms. The van der Waals surface area contributed by atoms with Crippen LogP contribution in [0.5, 0.6) is 5.75 Å². The summed E-state index contributed by atoms with van der Waals surface area (Å²) >= 11 is 6.42. The van der Waals surface area contributed by atoms with E-state index in [1.165, 1.54) is 24.6 Å². The van der Waals surface area contributed by atoms with Crippen LogP contribution in [0.4, 0.5) is 4.39 Å². The number of hydrogen-bond donors (Lipinski definition) is 2. The molecule has 2 aliphatic rings. The van der Waals surface area contributed by atoms with E-state index in [1.54, 1.807) is 13.2 Å². The van der Waals surface area contributed by atoms with Gasteiger partial charge in [-0.05, 0) is 56.4 Å². The highest BCUT2D eigenvalue weighted by Crippen LogP contribution is 2.41. The Morgan fingerprint density at radius 1 is 1.10 bits per heavy atom. The fourth-order valence-corrected chi connectivity index (χ4v) is 6.92. The van der Waals surface area contributed by atoms with Crippen LogP contribution in [-0.4, -0.2) is 64.0 Å². The van der Waals surface area contributed by atoms with Gasteiger partial charge in [-0.25, -0.2) is 9.37 Å². The number of H-pyrrole nitrogens is 1. The molecule has 0 bridgehead atoms. The molecule has 2 fully saturated rings. The molecule has 1 saturated heterocycles. The summed E-state index contributed by atoms with van der Waals surface area (Å²) in [6.07, 6.45) is 10.6. The van der Waals surface area contributed by atoms with Crippen LogP contribution < -0.4 is 10.1 Å². The molecule has 4 heterocycles. The van der Waals surface area contributed by atoms with Crippen molar-refractivity contribution >= 4 is 22.6 Å². The van der Waals surface area contributed by atoms with Crippen molar-refractivity contribution in [1.82, 2.24) is 30.0 Å². The molecule has 7 nitrogen and oxygen atoms in total. The molecule has 1 aliphatic heterocycles. The van der Waals surface area contributed by atoms with Crippen LogP contribution in [0.3, 0.4) is 0 Å². The Balaban J connectivity index is 1.26. The van der Waals surface area contributed by atoms with E-state index in [4.69, 9.17) is 26.4 Å². The van der Waals surface area contributed by atoms with Gasteiger partial charge in [0.15, 0.2) is 0 Å². The molecule has 0 amide bonds. The van der Waals surface area contributed by atoms with Gasteiger partial charge in [-0.15, -0.1) is 0 Å². The number of piperazine rings is 1. The second-order valence-electron chi connectivity index (χ2n) is 10.9. The summed E-state index contributed by atoms with van der Waals surface area (Å²) in [5, 5.41) is 9.38. The second kappa shape index (κ2) is 10.9. The predicted molar refractivity (Wildman–Crippen MR) is 153 cm³/mol. The van der Waals surface area contributed by atoms with Crippen LogP contribution in [0.15, 0.2) is 36.8 Å². The van der Waals surface area contributed by atoms with E-state index < -0.39 is 5.82 Å². The third-order valence-electron chi connectivity index (χ3n) is 8.81. The molecule has 3 aromatic heterocycles. The van der Waals surface area contributed by atoms with Crippen LogP contribution >= 0.6 is 11.6 Å². The average Bonchev–Trinajstić information content (AvgIpc) is 3.57. The lowest BCUT2D eigenvalue weighted by Crippen LogP contribution is -2.49. The van der Waals surface area contributed by atoms with Crippen LogP contribution in [0, 0.1) is 12.7 Å². The first-order valence-corrected chi connectivity index (χ1v) is 14.3. The zero-order chi connectivity index (χ0) is 27.1. The van der Waals surface area contributed by atoms with E-state index in [0.717, 1.165) is 66.7 Å². The standard InChI is InChI=1S/C30H36ClFN6O/c1-18(28-27(39-3)9-8-26(32)29(28)31)24-16-35-30-23(24)14-20(15-34-30)25-17-36-38(19(25)2)22-6-4-21(5-7-22)37-12-10-33-11-13-37/h8-9,14-18,21-22,33H,4-7,10-13H2,1-3H3,(H,34,35). The normalized spacial score (nSPS) is 21.4. The summed E-state index contributed by atoms with van der Waals surface area (Å²) in [5.74, 6) is -0.0946. The number of aromatic nitrogens is 4. The van der Waals surface area contributed by atoms with Crippen LogP contribution in [0.2, 0.25) is 5.02 Å².